The number of benzene rings is 2. The van der Waals surface area contributed by atoms with E-state index in [1.807, 2.05) is 30.3 Å². The Balaban J connectivity index is 2.10. The van der Waals surface area contributed by atoms with Crippen molar-refractivity contribution in [2.24, 2.45) is 4.99 Å². The van der Waals surface area contributed by atoms with Crippen molar-refractivity contribution in [1.82, 2.24) is 0 Å². The molecule has 2 aromatic rings. The van der Waals surface area contributed by atoms with Gasteiger partial charge in [-0.15, -0.1) is 11.8 Å². The van der Waals surface area contributed by atoms with E-state index in [1.54, 1.807) is 31.4 Å². The van der Waals surface area contributed by atoms with E-state index in [0.29, 0.717) is 16.4 Å². The highest BCUT2D eigenvalue weighted by molar-refractivity contribution is 8.14. The van der Waals surface area contributed by atoms with E-state index in [2.05, 4.69) is 0 Å². The van der Waals surface area contributed by atoms with Crippen LogP contribution in [0.5, 0.6) is 5.75 Å². The first-order valence-corrected chi connectivity index (χ1v) is 9.61. The van der Waals surface area contributed by atoms with Crippen LogP contribution in [0.2, 0.25) is 0 Å². The molecule has 0 radical (unpaired) electrons. The minimum absolute atomic E-state index is 0.272. The van der Waals surface area contributed by atoms with Gasteiger partial charge in [-0.25, -0.2) is 4.79 Å². The van der Waals surface area contributed by atoms with Crippen molar-refractivity contribution >= 4 is 22.8 Å². The number of hydrogen-bond donors (Lipinski definition) is 0. The molecule has 2 aromatic carbocycles. The molecule has 3 rings (SSSR count). The first kappa shape index (κ1) is 19.9. The van der Waals surface area contributed by atoms with Crippen molar-refractivity contribution in [2.45, 2.75) is 11.5 Å². The molecule has 28 heavy (non-hydrogen) atoms. The topological polar surface area (TPSA) is 91.0 Å². The summed E-state index contributed by atoms with van der Waals surface area (Å²) in [5, 5.41) is 12.1. The second-order valence-electron chi connectivity index (χ2n) is 6.33. The van der Waals surface area contributed by atoms with Gasteiger partial charge in [0.2, 0.25) is 6.54 Å². The normalized spacial score (nSPS) is 19.6. The van der Waals surface area contributed by atoms with Crippen LogP contribution in [0.4, 0.5) is 0 Å². The molecule has 0 saturated heterocycles. The van der Waals surface area contributed by atoms with Crippen LogP contribution in [-0.4, -0.2) is 48.0 Å². The molecule has 7 nitrogen and oxygen atoms in total. The van der Waals surface area contributed by atoms with Crippen LogP contribution >= 0.6 is 11.8 Å². The molecule has 0 unspecified atom stereocenters. The Bertz CT molecular complexity index is 885. The van der Waals surface area contributed by atoms with E-state index in [0.717, 1.165) is 5.56 Å². The maximum absolute atomic E-state index is 12.8. The van der Waals surface area contributed by atoms with Gasteiger partial charge in [0.25, 0.3) is 0 Å². The maximum atomic E-state index is 12.8. The van der Waals surface area contributed by atoms with Gasteiger partial charge in [0.15, 0.2) is 5.54 Å². The van der Waals surface area contributed by atoms with E-state index < -0.39 is 28.9 Å². The fourth-order valence-corrected chi connectivity index (χ4v) is 4.54. The Morgan fingerprint density at radius 1 is 1.21 bits per heavy atom. The van der Waals surface area contributed by atoms with Crippen molar-refractivity contribution in [3.63, 3.8) is 0 Å². The van der Waals surface area contributed by atoms with Gasteiger partial charge in [-0.2, -0.15) is 0 Å². The summed E-state index contributed by atoms with van der Waals surface area (Å²) < 4.78 is 10.2. The number of rotatable bonds is 7. The zero-order chi connectivity index (χ0) is 20.1. The number of thioether (sulfide) groups is 1. The third-order valence-electron chi connectivity index (χ3n) is 4.72. The Labute approximate surface area is 166 Å². The van der Waals surface area contributed by atoms with Crippen LogP contribution in [0.1, 0.15) is 17.0 Å². The quantitative estimate of drug-likeness (QED) is 0.403. The van der Waals surface area contributed by atoms with Crippen LogP contribution in [0.3, 0.4) is 0 Å². The zero-order valence-electron chi connectivity index (χ0n) is 15.5. The Kier molecular flexibility index (Phi) is 5.99. The van der Waals surface area contributed by atoms with E-state index >= 15 is 0 Å². The van der Waals surface area contributed by atoms with E-state index in [-0.39, 0.29) is 5.75 Å². The number of nitrogens with zero attached hydrogens (tertiary/aromatic N) is 2. The summed E-state index contributed by atoms with van der Waals surface area (Å²) >= 11 is 1.41. The number of aliphatic imine (C=N–C) groups is 1. The highest BCUT2D eigenvalue weighted by Gasteiger charge is 2.53. The Hall–Kier alpha value is -2.87. The number of hydrogen-bond acceptors (Lipinski definition) is 7. The van der Waals surface area contributed by atoms with Crippen LogP contribution in [-0.2, 0) is 9.53 Å². The van der Waals surface area contributed by atoms with Gasteiger partial charge in [-0.1, -0.05) is 42.5 Å². The smallest absolute Gasteiger partial charge is 0.335 e. The highest BCUT2D eigenvalue weighted by Crippen LogP contribution is 2.42. The summed E-state index contributed by atoms with van der Waals surface area (Å²) in [7, 11) is 2.82. The second kappa shape index (κ2) is 8.43. The van der Waals surface area contributed by atoms with Gasteiger partial charge in [0.05, 0.1) is 25.2 Å². The van der Waals surface area contributed by atoms with E-state index in [9.17, 15) is 14.9 Å². The molecule has 0 amide bonds. The molecule has 2 atom stereocenters. The molecule has 0 N–H and O–H groups in total. The molecule has 1 heterocycles. The second-order valence-corrected chi connectivity index (χ2v) is 7.29. The number of methoxy groups -OCH3 is 2. The molecule has 0 aromatic heterocycles. The summed E-state index contributed by atoms with van der Waals surface area (Å²) in [5.74, 6) is -0.442. The van der Waals surface area contributed by atoms with Crippen molar-refractivity contribution in [3.8, 4) is 5.75 Å². The number of carbonyl (C=O) groups excluding carboxylic acids is 1. The van der Waals surface area contributed by atoms with Crippen molar-refractivity contribution in [1.29, 1.82) is 0 Å². The molecule has 146 valence electrons. The SMILES string of the molecule is COC(=O)[C@@]1([C@@H](C[N+](=O)[O-])c2ccc(OC)cc2)CSC(c2ccccc2)=N1. The van der Waals surface area contributed by atoms with Crippen molar-refractivity contribution < 1.29 is 19.2 Å². The maximum Gasteiger partial charge on any atom is 0.335 e. The van der Waals surface area contributed by atoms with Gasteiger partial charge in [0.1, 0.15) is 5.75 Å². The fraction of sp³-hybridized carbons (Fsp3) is 0.300. The number of ether oxygens (including phenoxy) is 2. The molecular formula is C20H20N2O5S. The van der Waals surface area contributed by atoms with Crippen molar-refractivity contribution in [2.75, 3.05) is 26.5 Å². The summed E-state index contributed by atoms with van der Waals surface area (Å²) in [6.45, 7) is -0.437. The van der Waals surface area contributed by atoms with Gasteiger partial charge in [-0.05, 0) is 17.7 Å². The molecule has 0 bridgehead atoms. The largest absolute Gasteiger partial charge is 0.497 e. The van der Waals surface area contributed by atoms with Crippen molar-refractivity contribution in [3.05, 3.63) is 75.8 Å². The number of esters is 1. The first-order valence-electron chi connectivity index (χ1n) is 8.62. The average molecular weight is 400 g/mol. The fourth-order valence-electron chi connectivity index (χ4n) is 3.27. The first-order chi connectivity index (χ1) is 13.5. The minimum atomic E-state index is -1.37. The minimum Gasteiger partial charge on any atom is -0.497 e. The van der Waals surface area contributed by atoms with Crippen LogP contribution < -0.4 is 4.74 Å². The van der Waals surface area contributed by atoms with Gasteiger partial charge in [-0.3, -0.25) is 15.1 Å². The molecule has 1 aliphatic heterocycles. The molecule has 0 aliphatic carbocycles. The van der Waals surface area contributed by atoms with Crippen LogP contribution in [0, 0.1) is 10.1 Å². The van der Waals surface area contributed by atoms with Gasteiger partial charge in [0, 0.05) is 16.2 Å². The van der Waals surface area contributed by atoms with Gasteiger partial charge < -0.3 is 9.47 Å². The van der Waals surface area contributed by atoms with Crippen LogP contribution in [0.15, 0.2) is 59.6 Å². The lowest BCUT2D eigenvalue weighted by Crippen LogP contribution is -2.47. The molecule has 0 saturated carbocycles. The lowest BCUT2D eigenvalue weighted by Gasteiger charge is -2.29. The summed E-state index contributed by atoms with van der Waals surface area (Å²) in [5.41, 5.74) is 0.140. The Morgan fingerprint density at radius 3 is 2.46 bits per heavy atom. The lowest BCUT2D eigenvalue weighted by atomic mass is 9.80. The highest BCUT2D eigenvalue weighted by atomic mass is 32.2. The molecule has 1 aliphatic rings. The summed E-state index contributed by atoms with van der Waals surface area (Å²) in [6, 6.07) is 16.4. The van der Waals surface area contributed by atoms with Crippen LogP contribution in [0.25, 0.3) is 0 Å². The van der Waals surface area contributed by atoms with E-state index in [1.165, 1.54) is 18.9 Å². The summed E-state index contributed by atoms with van der Waals surface area (Å²) in [4.78, 5) is 28.6. The lowest BCUT2D eigenvalue weighted by molar-refractivity contribution is -0.484. The van der Waals surface area contributed by atoms with Gasteiger partial charge >= 0.3 is 5.97 Å². The third kappa shape index (κ3) is 3.87. The standard InChI is InChI=1S/C20H20N2O5S/c1-26-16-10-8-14(9-11-16)17(12-22(24)25)20(19(23)27-2)13-28-18(21-20)15-6-4-3-5-7-15/h3-11,17H,12-13H2,1-2H3/t17-,20-/m0/s1. The Morgan fingerprint density at radius 2 is 1.89 bits per heavy atom. The monoisotopic (exact) mass is 400 g/mol. The average Bonchev–Trinajstić information content (AvgIpc) is 3.18. The molecule has 0 spiro atoms. The summed E-state index contributed by atoms with van der Waals surface area (Å²) in [6.07, 6.45) is 0. The molecule has 8 heteroatoms. The predicted molar refractivity (Wildman–Crippen MR) is 108 cm³/mol. The number of nitro groups is 1. The molecular weight excluding hydrogens is 380 g/mol. The predicted octanol–water partition coefficient (Wildman–Crippen LogP) is 3.16. The zero-order valence-corrected chi connectivity index (χ0v) is 16.3. The van der Waals surface area contributed by atoms with E-state index in [4.69, 9.17) is 14.5 Å². The number of carbonyl (C=O) groups is 1. The molecule has 0 fully saturated rings. The third-order valence-corrected chi connectivity index (χ3v) is 5.90.